The molecule has 2 N–H and O–H groups in total. The first-order valence-corrected chi connectivity index (χ1v) is 12.9. The zero-order valence-electron chi connectivity index (χ0n) is 21.4. The molecule has 4 aliphatic heterocycles. The third kappa shape index (κ3) is 4.33. The maximum absolute atomic E-state index is 14.7. The molecular weight excluding hydrogens is 507 g/mol. The number of nitrogens with one attached hydrogen (secondary N) is 2. The lowest BCUT2D eigenvalue weighted by Crippen LogP contribution is -2.76. The van der Waals surface area contributed by atoms with Gasteiger partial charge in [-0.2, -0.15) is 14.8 Å². The molecule has 3 atom stereocenters. The molecule has 4 aliphatic rings. The number of pyridine rings is 1. The fraction of sp³-hybridized carbons (Fsp3) is 0.393. The van der Waals surface area contributed by atoms with Crippen molar-refractivity contribution < 1.29 is 17.9 Å². The van der Waals surface area contributed by atoms with Crippen molar-refractivity contribution in [3.63, 3.8) is 0 Å². The average molecular weight is 536 g/mol. The minimum atomic E-state index is -0.967. The van der Waals surface area contributed by atoms with Crippen LogP contribution in [-0.4, -0.2) is 59.8 Å². The number of fused-ring (bicyclic) bond motifs is 3. The van der Waals surface area contributed by atoms with Crippen LogP contribution >= 0.6 is 0 Å². The molecule has 3 unspecified atom stereocenters. The highest BCUT2D eigenvalue weighted by atomic mass is 19.2. The smallest absolute Gasteiger partial charge is 0.200 e. The summed E-state index contributed by atoms with van der Waals surface area (Å²) in [4.78, 5) is 6.92. The maximum Gasteiger partial charge on any atom is 0.200 e. The van der Waals surface area contributed by atoms with Crippen molar-refractivity contribution in [3.05, 3.63) is 76.8 Å². The number of anilines is 1. The number of ether oxygens (including phenoxy) is 1. The summed E-state index contributed by atoms with van der Waals surface area (Å²) in [6.07, 6.45) is 8.31. The van der Waals surface area contributed by atoms with Crippen LogP contribution in [-0.2, 0) is 18.5 Å². The summed E-state index contributed by atoms with van der Waals surface area (Å²) in [5, 5.41) is 20.5. The van der Waals surface area contributed by atoms with Gasteiger partial charge in [0.2, 0.25) is 5.82 Å². The van der Waals surface area contributed by atoms with Gasteiger partial charge in [0, 0.05) is 37.4 Å². The maximum atomic E-state index is 14.7. The van der Waals surface area contributed by atoms with E-state index in [2.05, 4.69) is 26.7 Å². The molecule has 0 saturated carbocycles. The number of hydrogen-bond acceptors (Lipinski definition) is 7. The first-order chi connectivity index (χ1) is 18.9. The Balaban J connectivity index is 1.22. The van der Waals surface area contributed by atoms with Crippen molar-refractivity contribution >= 4 is 11.9 Å². The van der Waals surface area contributed by atoms with Crippen LogP contribution in [0.2, 0.25) is 0 Å². The van der Waals surface area contributed by atoms with Crippen molar-refractivity contribution in [1.29, 1.82) is 5.26 Å². The number of piperazine rings is 1. The molecule has 39 heavy (non-hydrogen) atoms. The molecule has 2 bridgehead atoms. The number of methoxy groups -OCH3 is 1. The van der Waals surface area contributed by atoms with E-state index < -0.39 is 23.8 Å². The Morgan fingerprint density at radius 3 is 2.77 bits per heavy atom. The number of halogens is 3. The van der Waals surface area contributed by atoms with E-state index in [4.69, 9.17) is 9.72 Å². The summed E-state index contributed by atoms with van der Waals surface area (Å²) >= 11 is 0. The van der Waals surface area contributed by atoms with Crippen LogP contribution in [0.4, 0.5) is 19.0 Å². The molecule has 7 rings (SSSR count). The van der Waals surface area contributed by atoms with Crippen molar-refractivity contribution in [2.75, 3.05) is 38.3 Å². The summed E-state index contributed by atoms with van der Waals surface area (Å²) in [5.74, 6) is -1.17. The lowest BCUT2D eigenvalue weighted by Gasteiger charge is -2.58. The van der Waals surface area contributed by atoms with Gasteiger partial charge in [-0.15, -0.1) is 0 Å². The Hall–Kier alpha value is -3.88. The minimum absolute atomic E-state index is 0.108. The van der Waals surface area contributed by atoms with Gasteiger partial charge in [0.15, 0.2) is 11.6 Å². The third-order valence-electron chi connectivity index (χ3n) is 8.00. The molecular formula is C28H28F3N7O. The number of piperidine rings is 1. The highest BCUT2D eigenvalue weighted by Crippen LogP contribution is 2.38. The van der Waals surface area contributed by atoms with Gasteiger partial charge < -0.3 is 15.0 Å². The summed E-state index contributed by atoms with van der Waals surface area (Å²) in [7, 11) is 1.31. The van der Waals surface area contributed by atoms with E-state index in [0.717, 1.165) is 30.0 Å². The average Bonchev–Trinajstić information content (AvgIpc) is 3.36. The fourth-order valence-corrected chi connectivity index (χ4v) is 6.19. The number of hydrogen-bond donors (Lipinski definition) is 2. The second kappa shape index (κ2) is 9.70. The van der Waals surface area contributed by atoms with Gasteiger partial charge in [0.1, 0.15) is 18.6 Å². The Labute approximate surface area is 224 Å². The van der Waals surface area contributed by atoms with E-state index in [1.807, 2.05) is 24.3 Å². The zero-order chi connectivity index (χ0) is 27.2. The van der Waals surface area contributed by atoms with Gasteiger partial charge in [0.25, 0.3) is 0 Å². The van der Waals surface area contributed by atoms with E-state index in [1.165, 1.54) is 19.4 Å². The van der Waals surface area contributed by atoms with Crippen LogP contribution in [0.3, 0.4) is 0 Å². The van der Waals surface area contributed by atoms with Crippen molar-refractivity contribution in [2.45, 2.75) is 36.5 Å². The molecule has 3 saturated heterocycles. The van der Waals surface area contributed by atoms with Crippen LogP contribution in [0.5, 0.6) is 5.75 Å². The molecule has 3 fully saturated rings. The van der Waals surface area contributed by atoms with Gasteiger partial charge in [-0.05, 0) is 42.2 Å². The normalized spacial score (nSPS) is 25.1. The monoisotopic (exact) mass is 535 g/mol. The van der Waals surface area contributed by atoms with Gasteiger partial charge in [-0.25, -0.2) is 13.8 Å². The van der Waals surface area contributed by atoms with E-state index in [0.29, 0.717) is 30.6 Å². The third-order valence-corrected chi connectivity index (χ3v) is 8.00. The summed E-state index contributed by atoms with van der Waals surface area (Å²) in [6, 6.07) is 9.33. The predicted octanol–water partition coefficient (Wildman–Crippen LogP) is 3.08. The molecule has 11 heteroatoms. The van der Waals surface area contributed by atoms with Crippen molar-refractivity contribution in [1.82, 2.24) is 25.4 Å². The van der Waals surface area contributed by atoms with Gasteiger partial charge in [-0.1, -0.05) is 18.2 Å². The molecule has 0 aliphatic carbocycles. The SMILES string of the molecule is COc1ccc(CC23CC(CN(c4ccc(C5(NCCF)C=Cc6c(C#N)cnn6C5)cn4)C2)N3)c(F)c1F. The first kappa shape index (κ1) is 25.4. The number of aromatic nitrogens is 3. The molecule has 0 radical (unpaired) electrons. The molecule has 0 amide bonds. The van der Waals surface area contributed by atoms with E-state index in [1.54, 1.807) is 16.9 Å². The molecule has 1 aromatic carbocycles. The topological polar surface area (TPSA) is 91.0 Å². The van der Waals surface area contributed by atoms with E-state index in [-0.39, 0.29) is 23.9 Å². The van der Waals surface area contributed by atoms with E-state index >= 15 is 0 Å². The van der Waals surface area contributed by atoms with Crippen molar-refractivity contribution in [2.24, 2.45) is 0 Å². The Bertz CT molecular complexity index is 1460. The highest BCUT2D eigenvalue weighted by Gasteiger charge is 2.50. The van der Waals surface area contributed by atoms with Crippen LogP contribution in [0, 0.1) is 23.0 Å². The van der Waals surface area contributed by atoms with Crippen LogP contribution < -0.4 is 20.3 Å². The zero-order valence-corrected chi connectivity index (χ0v) is 21.4. The number of alkyl halides is 1. The van der Waals surface area contributed by atoms with Crippen LogP contribution in [0.15, 0.2) is 42.7 Å². The van der Waals surface area contributed by atoms with Crippen molar-refractivity contribution in [3.8, 4) is 11.8 Å². The quantitative estimate of drug-likeness (QED) is 0.458. The number of benzene rings is 1. The minimum Gasteiger partial charge on any atom is -0.494 e. The largest absolute Gasteiger partial charge is 0.494 e. The molecule has 202 valence electrons. The lowest BCUT2D eigenvalue weighted by atomic mass is 9.73. The second-order valence-corrected chi connectivity index (χ2v) is 10.5. The summed E-state index contributed by atoms with van der Waals surface area (Å²) in [6.45, 7) is 1.37. The second-order valence-electron chi connectivity index (χ2n) is 10.5. The first-order valence-electron chi connectivity index (χ1n) is 12.9. The van der Waals surface area contributed by atoms with Crippen LogP contribution in [0.1, 0.15) is 28.8 Å². The van der Waals surface area contributed by atoms with E-state index in [9.17, 15) is 18.4 Å². The molecule has 0 spiro atoms. The summed E-state index contributed by atoms with van der Waals surface area (Å²) < 4.78 is 48.8. The lowest BCUT2D eigenvalue weighted by molar-refractivity contribution is 0.106. The molecule has 6 heterocycles. The summed E-state index contributed by atoms with van der Waals surface area (Å²) in [5.41, 5.74) is 1.26. The molecule has 2 aromatic heterocycles. The molecule has 8 nitrogen and oxygen atoms in total. The Morgan fingerprint density at radius 1 is 1.21 bits per heavy atom. The standard InChI is InChI=1S/C28H28F3N7O/c1-39-23-4-2-18(25(30)26(23)31)10-27-11-21(36-27)15-37(16-27)24-5-3-20(14-33-24)28(34-9-8-29)7-6-22-19(12-32)13-35-38(22)17-28/h2-7,13-14,21,34,36H,8-11,15-17H2,1H3. The Morgan fingerprint density at radius 2 is 2.05 bits per heavy atom. The number of nitrogens with zero attached hydrogens (tertiary/aromatic N) is 5. The van der Waals surface area contributed by atoms with Gasteiger partial charge in [-0.3, -0.25) is 10.00 Å². The fourth-order valence-electron chi connectivity index (χ4n) is 6.19. The highest BCUT2D eigenvalue weighted by molar-refractivity contribution is 5.58. The van der Waals surface area contributed by atoms with Crippen LogP contribution in [0.25, 0.3) is 6.08 Å². The van der Waals surface area contributed by atoms with Gasteiger partial charge in [0.05, 0.1) is 36.6 Å². The van der Waals surface area contributed by atoms with Gasteiger partial charge >= 0.3 is 0 Å². The molecule has 3 aromatic rings. The Kier molecular flexibility index (Phi) is 6.32. The predicted molar refractivity (Wildman–Crippen MR) is 139 cm³/mol. The number of nitriles is 1. The number of rotatable bonds is 8.